The van der Waals surface area contributed by atoms with E-state index in [4.69, 9.17) is 5.11 Å². The number of carbonyl (C=O) groups is 1. The molecule has 0 aromatic heterocycles. The number of hydrogen-bond acceptors (Lipinski definition) is 2. The van der Waals surface area contributed by atoms with Gasteiger partial charge in [0.05, 0.1) is 0 Å². The zero-order valence-electron chi connectivity index (χ0n) is 7.83. The van der Waals surface area contributed by atoms with Crippen LogP contribution in [-0.2, 0) is 0 Å². The third kappa shape index (κ3) is 3.03. The summed E-state index contributed by atoms with van der Waals surface area (Å²) in [5.41, 5.74) is 0.551. The summed E-state index contributed by atoms with van der Waals surface area (Å²) in [4.78, 5) is 11.5. The Kier molecular flexibility index (Phi) is 3.95. The van der Waals surface area contributed by atoms with Crippen LogP contribution in [-0.4, -0.2) is 22.4 Å². The summed E-state index contributed by atoms with van der Waals surface area (Å²) in [5.74, 6) is 0.0343. The van der Waals surface area contributed by atoms with E-state index in [9.17, 15) is 4.79 Å². The van der Waals surface area contributed by atoms with Crippen LogP contribution in [0.1, 0.15) is 17.3 Å². The highest BCUT2D eigenvalue weighted by Crippen LogP contribution is 2.09. The maximum atomic E-state index is 11.5. The van der Waals surface area contributed by atoms with Crippen molar-refractivity contribution in [3.63, 3.8) is 0 Å². The molecule has 2 N–H and O–H groups in total. The van der Waals surface area contributed by atoms with Crippen LogP contribution < -0.4 is 5.32 Å². The molecule has 0 aliphatic carbocycles. The van der Waals surface area contributed by atoms with E-state index in [1.165, 1.54) is 12.1 Å². The molecule has 0 aliphatic rings. The van der Waals surface area contributed by atoms with Gasteiger partial charge in [-0.1, -0.05) is 15.9 Å². The Bertz CT molecular complexity index is 310. The van der Waals surface area contributed by atoms with Crippen molar-refractivity contribution in [2.24, 2.45) is 0 Å². The van der Waals surface area contributed by atoms with Crippen molar-refractivity contribution in [1.29, 1.82) is 0 Å². The van der Waals surface area contributed by atoms with Gasteiger partial charge >= 0.3 is 0 Å². The molecule has 0 radical (unpaired) electrons. The highest BCUT2D eigenvalue weighted by Gasteiger charge is 2.07. The molecule has 0 fully saturated rings. The number of amides is 1. The lowest BCUT2D eigenvalue weighted by Crippen LogP contribution is -2.33. The molecule has 4 heteroatoms. The number of aromatic hydroxyl groups is 1. The SMILES string of the molecule is CC(CBr)NC(=O)c1ccc(O)cc1. The molecule has 3 nitrogen and oxygen atoms in total. The van der Waals surface area contributed by atoms with Gasteiger partial charge in [-0.2, -0.15) is 0 Å². The van der Waals surface area contributed by atoms with Crippen molar-refractivity contribution < 1.29 is 9.90 Å². The number of nitrogens with one attached hydrogen (secondary N) is 1. The summed E-state index contributed by atoms with van der Waals surface area (Å²) in [6.07, 6.45) is 0. The summed E-state index contributed by atoms with van der Waals surface area (Å²) in [5, 5.41) is 12.5. The van der Waals surface area contributed by atoms with Crippen LogP contribution in [0.15, 0.2) is 24.3 Å². The lowest BCUT2D eigenvalue weighted by Gasteiger charge is -2.10. The minimum atomic E-state index is -0.128. The highest BCUT2D eigenvalue weighted by atomic mass is 79.9. The fourth-order valence-electron chi connectivity index (χ4n) is 0.959. The fourth-order valence-corrected chi connectivity index (χ4v) is 1.12. The van der Waals surface area contributed by atoms with E-state index < -0.39 is 0 Å². The van der Waals surface area contributed by atoms with Gasteiger partial charge < -0.3 is 10.4 Å². The number of phenols is 1. The zero-order valence-corrected chi connectivity index (χ0v) is 9.41. The second kappa shape index (κ2) is 5.00. The predicted molar refractivity (Wildman–Crippen MR) is 58.8 cm³/mol. The van der Waals surface area contributed by atoms with Crippen LogP contribution in [0.5, 0.6) is 5.75 Å². The van der Waals surface area contributed by atoms with Gasteiger partial charge in [-0.3, -0.25) is 4.79 Å². The molecule has 1 aromatic carbocycles. The van der Waals surface area contributed by atoms with Crippen molar-refractivity contribution in [3.8, 4) is 5.75 Å². The Balaban J connectivity index is 2.65. The van der Waals surface area contributed by atoms with Gasteiger partial charge in [0.15, 0.2) is 0 Å². The van der Waals surface area contributed by atoms with Crippen LogP contribution in [0.25, 0.3) is 0 Å². The van der Waals surface area contributed by atoms with Crippen LogP contribution >= 0.6 is 15.9 Å². The fraction of sp³-hybridized carbons (Fsp3) is 0.300. The zero-order chi connectivity index (χ0) is 10.6. The van der Waals surface area contributed by atoms with Gasteiger partial charge in [0.25, 0.3) is 5.91 Å². The number of alkyl halides is 1. The molecule has 0 heterocycles. The predicted octanol–water partition coefficient (Wildman–Crippen LogP) is 1.91. The Morgan fingerprint density at radius 1 is 1.50 bits per heavy atom. The molecular weight excluding hydrogens is 246 g/mol. The van der Waals surface area contributed by atoms with Gasteiger partial charge in [-0.15, -0.1) is 0 Å². The molecule has 1 aromatic rings. The number of carbonyl (C=O) groups excluding carboxylic acids is 1. The monoisotopic (exact) mass is 257 g/mol. The van der Waals surface area contributed by atoms with Gasteiger partial charge in [-0.05, 0) is 31.2 Å². The molecule has 76 valence electrons. The molecule has 14 heavy (non-hydrogen) atoms. The van der Waals surface area contributed by atoms with Gasteiger partial charge in [0.2, 0.25) is 0 Å². The molecule has 0 spiro atoms. The first kappa shape index (κ1) is 11.0. The van der Waals surface area contributed by atoms with E-state index in [-0.39, 0.29) is 17.7 Å². The number of halogens is 1. The number of phenolic OH excluding ortho intramolecular Hbond substituents is 1. The van der Waals surface area contributed by atoms with Crippen LogP contribution in [0.3, 0.4) is 0 Å². The van der Waals surface area contributed by atoms with E-state index in [0.29, 0.717) is 5.56 Å². The largest absolute Gasteiger partial charge is 0.508 e. The number of benzene rings is 1. The Morgan fingerprint density at radius 3 is 2.57 bits per heavy atom. The highest BCUT2D eigenvalue weighted by molar-refractivity contribution is 9.09. The molecule has 1 unspecified atom stereocenters. The first-order chi connectivity index (χ1) is 6.63. The standard InChI is InChI=1S/C10H12BrNO2/c1-7(6-11)12-10(14)8-2-4-9(13)5-3-8/h2-5,7,13H,6H2,1H3,(H,12,14). The summed E-state index contributed by atoms with van der Waals surface area (Å²) < 4.78 is 0. The summed E-state index contributed by atoms with van der Waals surface area (Å²) in [6.45, 7) is 1.91. The van der Waals surface area contributed by atoms with Crippen molar-refractivity contribution >= 4 is 21.8 Å². The average Bonchev–Trinajstić information content (AvgIpc) is 2.18. The Morgan fingerprint density at radius 2 is 2.07 bits per heavy atom. The number of rotatable bonds is 3. The van der Waals surface area contributed by atoms with Crippen molar-refractivity contribution in [1.82, 2.24) is 5.32 Å². The second-order valence-corrected chi connectivity index (χ2v) is 3.72. The van der Waals surface area contributed by atoms with Gasteiger partial charge in [-0.25, -0.2) is 0 Å². The molecule has 0 bridgehead atoms. The topological polar surface area (TPSA) is 49.3 Å². The molecule has 1 amide bonds. The van der Waals surface area contributed by atoms with Crippen LogP contribution in [0, 0.1) is 0 Å². The first-order valence-corrected chi connectivity index (χ1v) is 5.41. The summed E-state index contributed by atoms with van der Waals surface area (Å²) in [6, 6.07) is 6.26. The third-order valence-corrected chi connectivity index (χ3v) is 2.71. The maximum Gasteiger partial charge on any atom is 0.251 e. The van der Waals surface area contributed by atoms with Crippen molar-refractivity contribution in [2.75, 3.05) is 5.33 Å². The lowest BCUT2D eigenvalue weighted by molar-refractivity contribution is 0.0944. The Labute approximate surface area is 91.3 Å². The van der Waals surface area contributed by atoms with E-state index in [0.717, 1.165) is 5.33 Å². The smallest absolute Gasteiger partial charge is 0.251 e. The molecule has 0 aliphatic heterocycles. The summed E-state index contributed by atoms with van der Waals surface area (Å²) >= 11 is 3.27. The van der Waals surface area contributed by atoms with Gasteiger partial charge in [0, 0.05) is 16.9 Å². The van der Waals surface area contributed by atoms with Crippen LogP contribution in [0.4, 0.5) is 0 Å². The average molecular weight is 258 g/mol. The first-order valence-electron chi connectivity index (χ1n) is 4.29. The van der Waals surface area contributed by atoms with Crippen LogP contribution in [0.2, 0.25) is 0 Å². The molecule has 1 rings (SSSR count). The molecular formula is C10H12BrNO2. The number of hydrogen-bond donors (Lipinski definition) is 2. The van der Waals surface area contributed by atoms with E-state index in [1.807, 2.05) is 6.92 Å². The second-order valence-electron chi connectivity index (χ2n) is 3.08. The molecule has 0 saturated carbocycles. The summed E-state index contributed by atoms with van der Waals surface area (Å²) in [7, 11) is 0. The molecule has 1 atom stereocenters. The maximum absolute atomic E-state index is 11.5. The minimum Gasteiger partial charge on any atom is -0.508 e. The molecule has 0 saturated heterocycles. The van der Waals surface area contributed by atoms with Crippen molar-refractivity contribution in [3.05, 3.63) is 29.8 Å². The van der Waals surface area contributed by atoms with Crippen molar-refractivity contribution in [2.45, 2.75) is 13.0 Å². The minimum absolute atomic E-state index is 0.0938. The van der Waals surface area contributed by atoms with E-state index >= 15 is 0 Å². The van der Waals surface area contributed by atoms with E-state index in [2.05, 4.69) is 21.2 Å². The quantitative estimate of drug-likeness (QED) is 0.813. The van der Waals surface area contributed by atoms with E-state index in [1.54, 1.807) is 12.1 Å². The van der Waals surface area contributed by atoms with Gasteiger partial charge in [0.1, 0.15) is 5.75 Å². The Hall–Kier alpha value is -1.03. The normalized spacial score (nSPS) is 12.1. The third-order valence-electron chi connectivity index (χ3n) is 1.74. The lowest BCUT2D eigenvalue weighted by atomic mass is 10.2.